The predicted octanol–water partition coefficient (Wildman–Crippen LogP) is 2.16. The maximum absolute atomic E-state index is 5.45. The fraction of sp³-hybridized carbons (Fsp3) is 0.455. The molecule has 0 bridgehead atoms. The Labute approximate surface area is 78.5 Å². The number of ether oxygens (including phenoxy) is 2. The lowest BCUT2D eigenvalue weighted by molar-refractivity contribution is -0.0880. The van der Waals surface area contributed by atoms with Crippen molar-refractivity contribution < 1.29 is 9.47 Å². The number of benzene rings is 1. The average molecular weight is 178 g/mol. The van der Waals surface area contributed by atoms with Crippen molar-refractivity contribution in [3.8, 4) is 0 Å². The van der Waals surface area contributed by atoms with Gasteiger partial charge in [0.1, 0.15) is 0 Å². The standard InChI is InChI=1S/C11H14O2/c1-12-11-7-10(8-13-11)9-5-3-2-4-6-9/h2-6,10-11H,7-8H2,1H3. The first kappa shape index (κ1) is 8.73. The molecule has 2 rings (SSSR count). The zero-order chi connectivity index (χ0) is 9.10. The third kappa shape index (κ3) is 1.90. The minimum absolute atomic E-state index is 0.00907. The SMILES string of the molecule is COC1CC(c2ccccc2)CO1. The molecule has 70 valence electrons. The van der Waals surface area contributed by atoms with Crippen molar-refractivity contribution in [2.75, 3.05) is 13.7 Å². The summed E-state index contributed by atoms with van der Waals surface area (Å²) in [4.78, 5) is 0. The van der Waals surface area contributed by atoms with Gasteiger partial charge in [-0.1, -0.05) is 30.3 Å². The van der Waals surface area contributed by atoms with Crippen molar-refractivity contribution in [2.24, 2.45) is 0 Å². The second-order valence-electron chi connectivity index (χ2n) is 3.34. The maximum atomic E-state index is 5.45. The maximum Gasteiger partial charge on any atom is 0.157 e. The second-order valence-corrected chi connectivity index (χ2v) is 3.34. The second kappa shape index (κ2) is 3.90. The normalized spacial score (nSPS) is 27.8. The zero-order valence-electron chi connectivity index (χ0n) is 7.77. The molecule has 1 fully saturated rings. The lowest BCUT2D eigenvalue weighted by atomic mass is 9.98. The van der Waals surface area contributed by atoms with Crippen LogP contribution in [0.1, 0.15) is 17.9 Å². The van der Waals surface area contributed by atoms with Gasteiger partial charge in [0, 0.05) is 19.4 Å². The number of rotatable bonds is 2. The van der Waals surface area contributed by atoms with E-state index in [0.29, 0.717) is 5.92 Å². The van der Waals surface area contributed by atoms with Gasteiger partial charge in [-0.2, -0.15) is 0 Å². The van der Waals surface area contributed by atoms with Crippen molar-refractivity contribution in [1.82, 2.24) is 0 Å². The van der Waals surface area contributed by atoms with Crippen LogP contribution < -0.4 is 0 Å². The molecule has 2 heteroatoms. The van der Waals surface area contributed by atoms with Crippen LogP contribution in [0.25, 0.3) is 0 Å². The molecular weight excluding hydrogens is 164 g/mol. The summed E-state index contributed by atoms with van der Waals surface area (Å²) in [5.74, 6) is 0.506. The largest absolute Gasteiger partial charge is 0.356 e. The van der Waals surface area contributed by atoms with Gasteiger partial charge >= 0.3 is 0 Å². The summed E-state index contributed by atoms with van der Waals surface area (Å²) in [6.07, 6.45) is 0.964. The molecule has 13 heavy (non-hydrogen) atoms. The highest BCUT2D eigenvalue weighted by atomic mass is 16.7. The molecule has 0 spiro atoms. The fourth-order valence-corrected chi connectivity index (χ4v) is 1.71. The minimum atomic E-state index is -0.00907. The van der Waals surface area contributed by atoms with Gasteiger partial charge in [-0.15, -0.1) is 0 Å². The van der Waals surface area contributed by atoms with Gasteiger partial charge in [0.2, 0.25) is 0 Å². The van der Waals surface area contributed by atoms with Gasteiger partial charge in [-0.3, -0.25) is 0 Å². The van der Waals surface area contributed by atoms with Crippen LogP contribution in [0.4, 0.5) is 0 Å². The van der Waals surface area contributed by atoms with E-state index in [2.05, 4.69) is 24.3 Å². The van der Waals surface area contributed by atoms with Gasteiger partial charge in [0.05, 0.1) is 6.61 Å². The summed E-state index contributed by atoms with van der Waals surface area (Å²) >= 11 is 0. The molecule has 2 unspecified atom stereocenters. The van der Waals surface area contributed by atoms with E-state index in [4.69, 9.17) is 9.47 Å². The van der Waals surface area contributed by atoms with Crippen LogP contribution in [0.3, 0.4) is 0 Å². The van der Waals surface area contributed by atoms with Crippen LogP contribution in [0.5, 0.6) is 0 Å². The summed E-state index contributed by atoms with van der Waals surface area (Å²) in [7, 11) is 1.69. The number of hydrogen-bond donors (Lipinski definition) is 0. The summed E-state index contributed by atoms with van der Waals surface area (Å²) < 4.78 is 10.6. The quantitative estimate of drug-likeness (QED) is 0.691. The Kier molecular flexibility index (Phi) is 2.62. The first-order chi connectivity index (χ1) is 6.40. The molecule has 0 amide bonds. The van der Waals surface area contributed by atoms with Crippen molar-refractivity contribution in [1.29, 1.82) is 0 Å². The molecule has 1 aromatic rings. The fourth-order valence-electron chi connectivity index (χ4n) is 1.71. The third-order valence-electron chi connectivity index (χ3n) is 2.49. The van der Waals surface area contributed by atoms with Crippen molar-refractivity contribution in [2.45, 2.75) is 18.6 Å². The van der Waals surface area contributed by atoms with Crippen molar-refractivity contribution in [3.63, 3.8) is 0 Å². The Hall–Kier alpha value is -0.860. The molecule has 0 radical (unpaired) electrons. The number of methoxy groups -OCH3 is 1. The zero-order valence-corrected chi connectivity index (χ0v) is 7.77. The highest BCUT2D eigenvalue weighted by Crippen LogP contribution is 2.29. The molecule has 1 heterocycles. The molecule has 1 aliphatic heterocycles. The van der Waals surface area contributed by atoms with E-state index in [0.717, 1.165) is 13.0 Å². The van der Waals surface area contributed by atoms with Crippen molar-refractivity contribution >= 4 is 0 Å². The summed E-state index contributed by atoms with van der Waals surface area (Å²) in [5, 5.41) is 0. The van der Waals surface area contributed by atoms with E-state index in [1.54, 1.807) is 7.11 Å². The van der Waals surface area contributed by atoms with Crippen LogP contribution in [-0.2, 0) is 9.47 Å². The van der Waals surface area contributed by atoms with Gasteiger partial charge < -0.3 is 9.47 Å². The van der Waals surface area contributed by atoms with Gasteiger partial charge in [0.15, 0.2) is 6.29 Å². The first-order valence-electron chi connectivity index (χ1n) is 4.59. The van der Waals surface area contributed by atoms with Crippen LogP contribution >= 0.6 is 0 Å². The van der Waals surface area contributed by atoms with Crippen molar-refractivity contribution in [3.05, 3.63) is 35.9 Å². The Morgan fingerprint density at radius 1 is 1.31 bits per heavy atom. The van der Waals surface area contributed by atoms with E-state index in [9.17, 15) is 0 Å². The highest BCUT2D eigenvalue weighted by Gasteiger charge is 2.25. The Bertz CT molecular complexity index is 258. The monoisotopic (exact) mass is 178 g/mol. The number of hydrogen-bond acceptors (Lipinski definition) is 2. The van der Waals surface area contributed by atoms with E-state index in [-0.39, 0.29) is 6.29 Å². The molecule has 2 nitrogen and oxygen atoms in total. The minimum Gasteiger partial charge on any atom is -0.356 e. The molecular formula is C11H14O2. The van der Waals surface area contributed by atoms with Crippen LogP contribution in [0.2, 0.25) is 0 Å². The summed E-state index contributed by atoms with van der Waals surface area (Å²) in [6, 6.07) is 10.5. The van der Waals surface area contributed by atoms with E-state index in [1.807, 2.05) is 6.07 Å². The van der Waals surface area contributed by atoms with Crippen LogP contribution in [-0.4, -0.2) is 20.0 Å². The lowest BCUT2D eigenvalue weighted by Gasteiger charge is -2.07. The Balaban J connectivity index is 2.04. The highest BCUT2D eigenvalue weighted by molar-refractivity contribution is 5.20. The Morgan fingerprint density at radius 2 is 2.08 bits per heavy atom. The molecule has 0 saturated carbocycles. The summed E-state index contributed by atoms with van der Waals surface area (Å²) in [6.45, 7) is 0.780. The van der Waals surface area contributed by atoms with Crippen LogP contribution in [0.15, 0.2) is 30.3 Å². The molecule has 1 aromatic carbocycles. The summed E-state index contributed by atoms with van der Waals surface area (Å²) in [5.41, 5.74) is 1.35. The van der Waals surface area contributed by atoms with E-state index < -0.39 is 0 Å². The lowest BCUT2D eigenvalue weighted by Crippen LogP contribution is -2.06. The smallest absolute Gasteiger partial charge is 0.157 e. The molecule has 2 atom stereocenters. The molecule has 0 aliphatic carbocycles. The molecule has 0 N–H and O–H groups in total. The predicted molar refractivity (Wildman–Crippen MR) is 50.5 cm³/mol. The first-order valence-corrected chi connectivity index (χ1v) is 4.59. The van der Waals surface area contributed by atoms with Gasteiger partial charge in [0.25, 0.3) is 0 Å². The van der Waals surface area contributed by atoms with Crippen LogP contribution in [0, 0.1) is 0 Å². The van der Waals surface area contributed by atoms with Gasteiger partial charge in [-0.25, -0.2) is 0 Å². The van der Waals surface area contributed by atoms with E-state index >= 15 is 0 Å². The third-order valence-corrected chi connectivity index (χ3v) is 2.49. The molecule has 0 aromatic heterocycles. The van der Waals surface area contributed by atoms with E-state index in [1.165, 1.54) is 5.56 Å². The Morgan fingerprint density at radius 3 is 2.69 bits per heavy atom. The molecule has 1 saturated heterocycles. The molecule has 1 aliphatic rings. The topological polar surface area (TPSA) is 18.5 Å². The van der Waals surface area contributed by atoms with Gasteiger partial charge in [-0.05, 0) is 5.56 Å². The average Bonchev–Trinajstić information content (AvgIpc) is 2.67.